The summed E-state index contributed by atoms with van der Waals surface area (Å²) in [6.45, 7) is 0. The molecule has 19 heavy (non-hydrogen) atoms. The molecule has 0 saturated carbocycles. The fourth-order valence-electron chi connectivity index (χ4n) is 1.71. The molecule has 6 heteroatoms. The summed E-state index contributed by atoms with van der Waals surface area (Å²) in [6, 6.07) is 5.31. The minimum atomic E-state index is 0.330. The number of nitrogens with zero attached hydrogens (tertiary/aromatic N) is 2. The molecule has 1 amide bonds. The number of H-pyrrole nitrogens is 1. The minimum absolute atomic E-state index is 0.330. The lowest BCUT2D eigenvalue weighted by molar-refractivity contribution is -0.107. The molecule has 2 rings (SSSR count). The first-order valence-corrected chi connectivity index (χ1v) is 5.56. The lowest BCUT2D eigenvalue weighted by Gasteiger charge is -2.15. The van der Waals surface area contributed by atoms with E-state index in [1.807, 2.05) is 0 Å². The summed E-state index contributed by atoms with van der Waals surface area (Å²) < 4.78 is 5.20. The third-order valence-electron chi connectivity index (χ3n) is 2.71. The van der Waals surface area contributed by atoms with Gasteiger partial charge >= 0.3 is 0 Å². The van der Waals surface area contributed by atoms with Gasteiger partial charge in [-0.25, -0.2) is 4.98 Å². The Morgan fingerprint density at radius 3 is 2.74 bits per heavy atom. The average molecular weight is 259 g/mol. The molecule has 6 nitrogen and oxygen atoms in total. The number of imidazole rings is 1. The van der Waals surface area contributed by atoms with E-state index in [-0.39, 0.29) is 0 Å². The molecule has 1 aromatic heterocycles. The van der Waals surface area contributed by atoms with Gasteiger partial charge in [0.05, 0.1) is 12.8 Å². The van der Waals surface area contributed by atoms with Crippen LogP contribution in [0.5, 0.6) is 5.75 Å². The number of aromatic nitrogens is 2. The molecule has 98 valence electrons. The Hall–Kier alpha value is -2.63. The zero-order chi connectivity index (χ0) is 13.8. The number of hydrogen-bond donors (Lipinski definition) is 1. The second-order valence-corrected chi connectivity index (χ2v) is 3.89. The highest BCUT2D eigenvalue weighted by Crippen LogP contribution is 2.31. The van der Waals surface area contributed by atoms with E-state index in [9.17, 15) is 9.59 Å². The fourth-order valence-corrected chi connectivity index (χ4v) is 1.71. The van der Waals surface area contributed by atoms with Gasteiger partial charge in [-0.15, -0.1) is 0 Å². The lowest BCUT2D eigenvalue weighted by Crippen LogP contribution is -2.14. The summed E-state index contributed by atoms with van der Waals surface area (Å²) in [7, 11) is 3.17. The Morgan fingerprint density at radius 1 is 1.37 bits per heavy atom. The van der Waals surface area contributed by atoms with Crippen LogP contribution in [0.3, 0.4) is 0 Å². The van der Waals surface area contributed by atoms with Gasteiger partial charge in [0, 0.05) is 18.8 Å². The quantitative estimate of drug-likeness (QED) is 0.825. The van der Waals surface area contributed by atoms with Gasteiger partial charge in [-0.3, -0.25) is 9.59 Å². The molecular formula is C13H13N3O3. The van der Waals surface area contributed by atoms with Crippen molar-refractivity contribution in [2.45, 2.75) is 0 Å². The summed E-state index contributed by atoms with van der Waals surface area (Å²) in [5.41, 5.74) is 1.72. The van der Waals surface area contributed by atoms with Gasteiger partial charge in [0.25, 0.3) is 0 Å². The first kappa shape index (κ1) is 12.8. The van der Waals surface area contributed by atoms with Crippen LogP contribution in [-0.4, -0.2) is 36.8 Å². The van der Waals surface area contributed by atoms with Crippen LogP contribution in [0.4, 0.5) is 5.69 Å². The van der Waals surface area contributed by atoms with E-state index < -0.39 is 0 Å². The molecule has 0 aliphatic rings. The molecule has 0 radical (unpaired) electrons. The van der Waals surface area contributed by atoms with Crippen LogP contribution < -0.4 is 9.64 Å². The molecular weight excluding hydrogens is 246 g/mol. The zero-order valence-electron chi connectivity index (χ0n) is 10.6. The Bertz CT molecular complexity index is 607. The monoisotopic (exact) mass is 259 g/mol. The van der Waals surface area contributed by atoms with Gasteiger partial charge in [0.2, 0.25) is 6.41 Å². The third kappa shape index (κ3) is 2.47. The fraction of sp³-hybridized carbons (Fsp3) is 0.154. The van der Waals surface area contributed by atoms with Crippen LogP contribution in [0, 0.1) is 0 Å². The van der Waals surface area contributed by atoms with E-state index in [0.717, 1.165) is 5.56 Å². The molecule has 0 fully saturated rings. The van der Waals surface area contributed by atoms with Crippen molar-refractivity contribution in [3.8, 4) is 17.1 Å². The van der Waals surface area contributed by atoms with Crippen LogP contribution >= 0.6 is 0 Å². The number of hydrogen-bond acceptors (Lipinski definition) is 4. The molecule has 1 aromatic carbocycles. The first-order chi connectivity index (χ1) is 9.19. The number of methoxy groups -OCH3 is 1. The van der Waals surface area contributed by atoms with Crippen LogP contribution in [-0.2, 0) is 4.79 Å². The number of rotatable bonds is 5. The smallest absolute Gasteiger partial charge is 0.213 e. The maximum atomic E-state index is 10.9. The largest absolute Gasteiger partial charge is 0.495 e. The Labute approximate surface area is 110 Å². The highest BCUT2D eigenvalue weighted by molar-refractivity contribution is 5.81. The number of aromatic amines is 1. The number of carbonyl (C=O) groups is 2. The van der Waals surface area contributed by atoms with E-state index >= 15 is 0 Å². The van der Waals surface area contributed by atoms with E-state index in [1.54, 1.807) is 25.2 Å². The van der Waals surface area contributed by atoms with Crippen molar-refractivity contribution in [2.24, 2.45) is 0 Å². The normalized spacial score (nSPS) is 10.0. The lowest BCUT2D eigenvalue weighted by atomic mass is 10.1. The van der Waals surface area contributed by atoms with Gasteiger partial charge in [-0.05, 0) is 18.2 Å². The topological polar surface area (TPSA) is 75.3 Å². The highest BCUT2D eigenvalue weighted by atomic mass is 16.5. The van der Waals surface area contributed by atoms with E-state index in [1.165, 1.54) is 18.2 Å². The van der Waals surface area contributed by atoms with Gasteiger partial charge < -0.3 is 14.6 Å². The third-order valence-corrected chi connectivity index (χ3v) is 2.71. The summed E-state index contributed by atoms with van der Waals surface area (Å²) >= 11 is 0. The van der Waals surface area contributed by atoms with Crippen molar-refractivity contribution in [1.29, 1.82) is 0 Å². The molecule has 1 N–H and O–H groups in total. The predicted octanol–water partition coefficient (Wildman–Crippen LogP) is 1.49. The second kappa shape index (κ2) is 5.34. The van der Waals surface area contributed by atoms with Crippen molar-refractivity contribution < 1.29 is 14.3 Å². The molecule has 1 heterocycles. The summed E-state index contributed by atoms with van der Waals surface area (Å²) in [6.07, 6.45) is 2.89. The minimum Gasteiger partial charge on any atom is -0.495 e. The second-order valence-electron chi connectivity index (χ2n) is 3.89. The average Bonchev–Trinajstić information content (AvgIpc) is 2.94. The molecule has 0 bridgehead atoms. The number of carbonyl (C=O) groups excluding carboxylic acids is 2. The molecule has 0 saturated heterocycles. The van der Waals surface area contributed by atoms with E-state index in [2.05, 4.69) is 9.97 Å². The van der Waals surface area contributed by atoms with Gasteiger partial charge in [0.15, 0.2) is 6.29 Å². The molecule has 0 aliphatic heterocycles. The van der Waals surface area contributed by atoms with Crippen LogP contribution in [0.1, 0.15) is 10.5 Å². The van der Waals surface area contributed by atoms with Crippen LogP contribution in [0.15, 0.2) is 24.4 Å². The number of benzene rings is 1. The Morgan fingerprint density at radius 2 is 2.16 bits per heavy atom. The summed E-state index contributed by atoms with van der Waals surface area (Å²) in [5, 5.41) is 0. The molecule has 2 aromatic rings. The van der Waals surface area contributed by atoms with Crippen LogP contribution in [0.2, 0.25) is 0 Å². The van der Waals surface area contributed by atoms with Gasteiger partial charge in [0.1, 0.15) is 17.3 Å². The maximum Gasteiger partial charge on any atom is 0.213 e. The SMILES string of the molecule is COc1ccc(-c2nc(C=O)c[nH]2)cc1N(C)C=O. The molecule has 0 atom stereocenters. The number of nitrogens with one attached hydrogen (secondary N) is 1. The number of anilines is 1. The van der Waals surface area contributed by atoms with Crippen molar-refractivity contribution in [1.82, 2.24) is 9.97 Å². The van der Waals surface area contributed by atoms with Gasteiger partial charge in [-0.2, -0.15) is 0 Å². The Balaban J connectivity index is 2.47. The zero-order valence-corrected chi connectivity index (χ0v) is 10.6. The van der Waals surface area contributed by atoms with Crippen LogP contribution in [0.25, 0.3) is 11.4 Å². The highest BCUT2D eigenvalue weighted by Gasteiger charge is 2.11. The maximum absolute atomic E-state index is 10.9. The van der Waals surface area contributed by atoms with Crippen molar-refractivity contribution in [3.05, 3.63) is 30.1 Å². The predicted molar refractivity (Wildman–Crippen MR) is 70.4 cm³/mol. The van der Waals surface area contributed by atoms with E-state index in [0.29, 0.717) is 35.7 Å². The van der Waals surface area contributed by atoms with Crippen molar-refractivity contribution in [2.75, 3.05) is 19.1 Å². The van der Waals surface area contributed by atoms with Gasteiger partial charge in [-0.1, -0.05) is 0 Å². The molecule has 0 unspecified atom stereocenters. The first-order valence-electron chi connectivity index (χ1n) is 5.56. The van der Waals surface area contributed by atoms with E-state index in [4.69, 9.17) is 4.74 Å². The van der Waals surface area contributed by atoms with Crippen molar-refractivity contribution >= 4 is 18.4 Å². The number of aldehydes is 1. The molecule has 0 spiro atoms. The number of ether oxygens (including phenoxy) is 1. The number of amides is 1. The van der Waals surface area contributed by atoms with Crippen molar-refractivity contribution in [3.63, 3.8) is 0 Å². The summed E-state index contributed by atoms with van der Waals surface area (Å²) in [5.74, 6) is 1.14. The summed E-state index contributed by atoms with van der Waals surface area (Å²) in [4.78, 5) is 29.9. The Kier molecular flexibility index (Phi) is 3.61. The molecule has 0 aliphatic carbocycles. The standard InChI is InChI=1S/C13H13N3O3/c1-16(8-18)11-5-9(3-4-12(11)19-2)13-14-6-10(7-17)15-13/h3-8H,1-2H3,(H,14,15).